The summed E-state index contributed by atoms with van der Waals surface area (Å²) in [7, 11) is 1.78. The fourth-order valence-corrected chi connectivity index (χ4v) is 2.66. The van der Waals surface area contributed by atoms with Gasteiger partial charge in [0.1, 0.15) is 12.4 Å². The topological polar surface area (TPSA) is 64.9 Å². The molecule has 0 bridgehead atoms. The van der Waals surface area contributed by atoms with Crippen molar-refractivity contribution in [1.29, 1.82) is 0 Å². The second-order valence-electron chi connectivity index (χ2n) is 5.15. The number of hydrogen-bond acceptors (Lipinski definition) is 5. The lowest BCUT2D eigenvalue weighted by atomic mass is 10.2. The van der Waals surface area contributed by atoms with Crippen molar-refractivity contribution in [3.8, 4) is 5.75 Å². The number of halogens is 2. The highest BCUT2D eigenvalue weighted by Crippen LogP contribution is 2.25. The molecule has 0 amide bonds. The molecule has 0 spiro atoms. The number of nitrogens with zero attached hydrogens (tertiary/aromatic N) is 4. The summed E-state index contributed by atoms with van der Waals surface area (Å²) < 4.78 is 8.51. The fraction of sp³-hybridized carbons (Fsp3) is 0.188. The Morgan fingerprint density at radius 2 is 2.00 bits per heavy atom. The summed E-state index contributed by atoms with van der Waals surface area (Å²) in [6.45, 7) is 1.01. The number of tetrazole rings is 1. The van der Waals surface area contributed by atoms with Gasteiger partial charge in [0.15, 0.2) is 0 Å². The summed E-state index contributed by atoms with van der Waals surface area (Å²) >= 11 is 9.39. The maximum atomic E-state index is 5.96. The quantitative estimate of drug-likeness (QED) is 0.672. The van der Waals surface area contributed by atoms with Crippen LogP contribution in [0.1, 0.15) is 11.1 Å². The van der Waals surface area contributed by atoms with Crippen molar-refractivity contribution in [3.63, 3.8) is 0 Å². The summed E-state index contributed by atoms with van der Waals surface area (Å²) in [6.07, 6.45) is 0. The summed E-state index contributed by atoms with van der Waals surface area (Å²) in [6, 6.07) is 13.5. The van der Waals surface area contributed by atoms with Crippen molar-refractivity contribution in [2.75, 3.05) is 5.32 Å². The first-order chi connectivity index (χ1) is 11.6. The molecule has 8 heteroatoms. The van der Waals surface area contributed by atoms with Gasteiger partial charge in [0.05, 0.1) is 0 Å². The number of anilines is 1. The predicted octanol–water partition coefficient (Wildman–Crippen LogP) is 3.82. The van der Waals surface area contributed by atoms with Crippen LogP contribution in [0.3, 0.4) is 0 Å². The SMILES string of the molecule is Cn1nnnc1NCc1cc(Br)ccc1OCc1ccc(Cl)cc1. The van der Waals surface area contributed by atoms with Gasteiger partial charge in [0.2, 0.25) is 5.95 Å². The van der Waals surface area contributed by atoms with E-state index in [0.717, 1.165) is 21.3 Å². The van der Waals surface area contributed by atoms with Gasteiger partial charge >= 0.3 is 0 Å². The van der Waals surface area contributed by atoms with Crippen LogP contribution in [0.25, 0.3) is 0 Å². The van der Waals surface area contributed by atoms with Crippen molar-refractivity contribution in [1.82, 2.24) is 20.2 Å². The third-order valence-electron chi connectivity index (χ3n) is 3.39. The van der Waals surface area contributed by atoms with Crippen molar-refractivity contribution in [3.05, 3.63) is 63.1 Å². The molecule has 0 radical (unpaired) electrons. The second kappa shape index (κ2) is 7.63. The lowest BCUT2D eigenvalue weighted by Crippen LogP contribution is -2.07. The third kappa shape index (κ3) is 4.24. The lowest BCUT2D eigenvalue weighted by Gasteiger charge is -2.13. The van der Waals surface area contributed by atoms with E-state index >= 15 is 0 Å². The molecule has 0 aliphatic heterocycles. The van der Waals surface area contributed by atoms with Crippen molar-refractivity contribution in [2.45, 2.75) is 13.2 Å². The lowest BCUT2D eigenvalue weighted by molar-refractivity contribution is 0.303. The predicted molar refractivity (Wildman–Crippen MR) is 96.1 cm³/mol. The van der Waals surface area contributed by atoms with Crippen LogP contribution in [0.5, 0.6) is 5.75 Å². The maximum absolute atomic E-state index is 5.96. The van der Waals surface area contributed by atoms with Gasteiger partial charge in [-0.05, 0) is 46.3 Å². The minimum Gasteiger partial charge on any atom is -0.489 e. The van der Waals surface area contributed by atoms with Crippen LogP contribution < -0.4 is 10.1 Å². The molecule has 1 N–H and O–H groups in total. The standard InChI is InChI=1S/C16H15BrClN5O/c1-23-16(20-21-22-23)19-9-12-8-13(17)4-7-15(12)24-10-11-2-5-14(18)6-3-11/h2-8H,9-10H2,1H3,(H,19,20,22). The number of rotatable bonds is 6. The van der Waals surface area contributed by atoms with Crippen LogP contribution in [0, 0.1) is 0 Å². The molecular formula is C16H15BrClN5O. The van der Waals surface area contributed by atoms with Gasteiger partial charge in [-0.25, -0.2) is 4.68 Å². The summed E-state index contributed by atoms with van der Waals surface area (Å²) in [5.41, 5.74) is 2.06. The van der Waals surface area contributed by atoms with Gasteiger partial charge in [-0.3, -0.25) is 0 Å². The zero-order valence-electron chi connectivity index (χ0n) is 12.9. The molecule has 1 heterocycles. The minimum absolute atomic E-state index is 0.470. The zero-order chi connectivity index (χ0) is 16.9. The second-order valence-corrected chi connectivity index (χ2v) is 6.50. The highest BCUT2D eigenvalue weighted by molar-refractivity contribution is 9.10. The molecule has 0 saturated carbocycles. The zero-order valence-corrected chi connectivity index (χ0v) is 15.3. The van der Waals surface area contributed by atoms with E-state index in [2.05, 4.69) is 36.8 Å². The fourth-order valence-electron chi connectivity index (χ4n) is 2.12. The van der Waals surface area contributed by atoms with E-state index < -0.39 is 0 Å². The largest absolute Gasteiger partial charge is 0.489 e. The Kier molecular flexibility index (Phi) is 5.32. The van der Waals surface area contributed by atoms with Gasteiger partial charge < -0.3 is 10.1 Å². The van der Waals surface area contributed by atoms with Gasteiger partial charge in [0.25, 0.3) is 0 Å². The number of nitrogens with one attached hydrogen (secondary N) is 1. The first kappa shape index (κ1) is 16.7. The Labute approximate surface area is 152 Å². The van der Waals surface area contributed by atoms with Crippen molar-refractivity contribution < 1.29 is 4.74 Å². The Bertz CT molecular complexity index is 822. The number of benzene rings is 2. The molecule has 0 fully saturated rings. The summed E-state index contributed by atoms with van der Waals surface area (Å²) in [5, 5.41) is 15.2. The van der Waals surface area contributed by atoms with E-state index in [1.54, 1.807) is 11.7 Å². The van der Waals surface area contributed by atoms with Crippen LogP contribution in [0.2, 0.25) is 5.02 Å². The minimum atomic E-state index is 0.470. The molecule has 3 rings (SSSR count). The number of aryl methyl sites for hydroxylation is 1. The van der Waals surface area contributed by atoms with E-state index in [-0.39, 0.29) is 0 Å². The van der Waals surface area contributed by atoms with Crippen LogP contribution >= 0.6 is 27.5 Å². The molecule has 2 aromatic carbocycles. The first-order valence-corrected chi connectivity index (χ1v) is 8.41. The first-order valence-electron chi connectivity index (χ1n) is 7.24. The number of ether oxygens (including phenoxy) is 1. The number of hydrogen-bond donors (Lipinski definition) is 1. The van der Waals surface area contributed by atoms with Crippen LogP contribution in [-0.4, -0.2) is 20.2 Å². The van der Waals surface area contributed by atoms with Crippen molar-refractivity contribution in [2.24, 2.45) is 7.05 Å². The molecular weight excluding hydrogens is 394 g/mol. The van der Waals surface area contributed by atoms with Gasteiger partial charge in [-0.15, -0.1) is 0 Å². The average molecular weight is 409 g/mol. The molecule has 0 atom stereocenters. The molecule has 124 valence electrons. The van der Waals surface area contributed by atoms with Crippen molar-refractivity contribution >= 4 is 33.5 Å². The molecule has 24 heavy (non-hydrogen) atoms. The summed E-state index contributed by atoms with van der Waals surface area (Å²) in [5.74, 6) is 1.40. The van der Waals surface area contributed by atoms with E-state index in [0.29, 0.717) is 24.1 Å². The molecule has 0 aliphatic carbocycles. The van der Waals surface area contributed by atoms with Gasteiger partial charge in [-0.2, -0.15) is 0 Å². The highest BCUT2D eigenvalue weighted by Gasteiger charge is 2.08. The Morgan fingerprint density at radius 1 is 1.21 bits per heavy atom. The maximum Gasteiger partial charge on any atom is 0.242 e. The molecule has 6 nitrogen and oxygen atoms in total. The smallest absolute Gasteiger partial charge is 0.242 e. The van der Waals surface area contributed by atoms with Gasteiger partial charge in [-0.1, -0.05) is 44.8 Å². The molecule has 0 aliphatic rings. The van der Waals surface area contributed by atoms with Crippen LogP contribution in [-0.2, 0) is 20.2 Å². The Morgan fingerprint density at radius 3 is 2.71 bits per heavy atom. The van der Waals surface area contributed by atoms with E-state index in [9.17, 15) is 0 Å². The van der Waals surface area contributed by atoms with E-state index in [4.69, 9.17) is 16.3 Å². The summed E-state index contributed by atoms with van der Waals surface area (Å²) in [4.78, 5) is 0. The normalized spacial score (nSPS) is 10.6. The van der Waals surface area contributed by atoms with Crippen LogP contribution in [0.4, 0.5) is 5.95 Å². The van der Waals surface area contributed by atoms with Gasteiger partial charge in [0, 0.05) is 28.7 Å². The highest BCUT2D eigenvalue weighted by atomic mass is 79.9. The molecule has 0 unspecified atom stereocenters. The Balaban J connectivity index is 1.70. The molecule has 0 saturated heterocycles. The van der Waals surface area contributed by atoms with E-state index in [1.165, 1.54) is 0 Å². The third-order valence-corrected chi connectivity index (χ3v) is 4.13. The van der Waals surface area contributed by atoms with Crippen LogP contribution in [0.15, 0.2) is 46.9 Å². The number of aromatic nitrogens is 4. The monoisotopic (exact) mass is 407 g/mol. The Hall–Kier alpha value is -2.12. The van der Waals surface area contributed by atoms with E-state index in [1.807, 2.05) is 42.5 Å². The molecule has 3 aromatic rings. The average Bonchev–Trinajstić information content (AvgIpc) is 2.98. The molecule has 1 aromatic heterocycles.